The van der Waals surface area contributed by atoms with Crippen LogP contribution in [0.4, 0.5) is 10.2 Å². The average Bonchev–Trinajstić information content (AvgIpc) is 2.46. The highest BCUT2D eigenvalue weighted by molar-refractivity contribution is 5.39. The standard InChI is InChI=1S/C9H12FN3O/c1-9(14)2-3-13(5-9)8-4-7(10)11-6-12-8/h4,6,14H,2-3,5H2,1H3. The number of nitrogens with zero attached hydrogens (tertiary/aromatic N) is 3. The van der Waals surface area contributed by atoms with Crippen LogP contribution in [0.3, 0.4) is 0 Å². The van der Waals surface area contributed by atoms with Crippen molar-refractivity contribution >= 4 is 5.82 Å². The van der Waals surface area contributed by atoms with E-state index in [1.54, 1.807) is 6.92 Å². The van der Waals surface area contributed by atoms with E-state index in [-0.39, 0.29) is 0 Å². The van der Waals surface area contributed by atoms with Crippen molar-refractivity contribution in [1.82, 2.24) is 9.97 Å². The summed E-state index contributed by atoms with van der Waals surface area (Å²) in [4.78, 5) is 9.18. The lowest BCUT2D eigenvalue weighted by atomic mass is 10.1. The Morgan fingerprint density at radius 3 is 2.93 bits per heavy atom. The summed E-state index contributed by atoms with van der Waals surface area (Å²) in [7, 11) is 0. The van der Waals surface area contributed by atoms with Gasteiger partial charge in [-0.25, -0.2) is 9.97 Å². The molecule has 1 fully saturated rings. The summed E-state index contributed by atoms with van der Waals surface area (Å²) in [5.41, 5.74) is -0.693. The van der Waals surface area contributed by atoms with Crippen LogP contribution in [0.25, 0.3) is 0 Å². The normalized spacial score (nSPS) is 26.9. The molecule has 1 aliphatic rings. The predicted molar refractivity (Wildman–Crippen MR) is 49.4 cm³/mol. The van der Waals surface area contributed by atoms with Crippen molar-refractivity contribution in [2.45, 2.75) is 18.9 Å². The summed E-state index contributed by atoms with van der Waals surface area (Å²) in [5.74, 6) is -0.00295. The lowest BCUT2D eigenvalue weighted by molar-refractivity contribution is 0.0839. The largest absolute Gasteiger partial charge is 0.388 e. The maximum absolute atomic E-state index is 12.8. The van der Waals surface area contributed by atoms with Gasteiger partial charge < -0.3 is 10.0 Å². The maximum atomic E-state index is 12.8. The minimum Gasteiger partial charge on any atom is -0.388 e. The summed E-state index contributed by atoms with van der Waals surface area (Å²) in [6.45, 7) is 2.96. The monoisotopic (exact) mass is 197 g/mol. The molecule has 0 saturated carbocycles. The summed E-state index contributed by atoms with van der Waals surface area (Å²) < 4.78 is 12.8. The molecule has 2 rings (SSSR count). The van der Waals surface area contributed by atoms with Crippen molar-refractivity contribution in [3.8, 4) is 0 Å². The minimum absolute atomic E-state index is 0.490. The van der Waals surface area contributed by atoms with E-state index in [1.165, 1.54) is 12.4 Å². The van der Waals surface area contributed by atoms with E-state index < -0.39 is 11.5 Å². The minimum atomic E-state index is -0.693. The van der Waals surface area contributed by atoms with E-state index >= 15 is 0 Å². The molecule has 0 aromatic carbocycles. The number of aromatic nitrogens is 2. The van der Waals surface area contributed by atoms with Crippen LogP contribution < -0.4 is 4.90 Å². The first kappa shape index (κ1) is 9.33. The molecule has 0 bridgehead atoms. The second-order valence-corrected chi connectivity index (χ2v) is 3.87. The van der Waals surface area contributed by atoms with Gasteiger partial charge in [-0.15, -0.1) is 0 Å². The molecule has 1 N–H and O–H groups in total. The molecule has 1 saturated heterocycles. The van der Waals surface area contributed by atoms with Crippen LogP contribution in [0.5, 0.6) is 0 Å². The fourth-order valence-electron chi connectivity index (χ4n) is 1.64. The first-order chi connectivity index (χ1) is 6.57. The topological polar surface area (TPSA) is 49.2 Å². The lowest BCUT2D eigenvalue weighted by Crippen LogP contribution is -2.30. The highest BCUT2D eigenvalue weighted by atomic mass is 19.1. The van der Waals surface area contributed by atoms with Crippen LogP contribution in [0.2, 0.25) is 0 Å². The van der Waals surface area contributed by atoms with Gasteiger partial charge in [0.2, 0.25) is 5.95 Å². The van der Waals surface area contributed by atoms with Crippen molar-refractivity contribution in [3.05, 3.63) is 18.3 Å². The Kier molecular flexibility index (Phi) is 2.11. The molecule has 76 valence electrons. The van der Waals surface area contributed by atoms with E-state index in [0.29, 0.717) is 25.3 Å². The van der Waals surface area contributed by atoms with Gasteiger partial charge in [0.25, 0.3) is 0 Å². The molecule has 1 atom stereocenters. The predicted octanol–water partition coefficient (Wildman–Crippen LogP) is 0.577. The zero-order valence-electron chi connectivity index (χ0n) is 7.94. The van der Waals surface area contributed by atoms with Crippen LogP contribution in [0, 0.1) is 5.95 Å². The highest BCUT2D eigenvalue weighted by Crippen LogP contribution is 2.24. The zero-order valence-corrected chi connectivity index (χ0v) is 7.94. The van der Waals surface area contributed by atoms with E-state index in [2.05, 4.69) is 9.97 Å². The third kappa shape index (κ3) is 1.82. The van der Waals surface area contributed by atoms with Crippen molar-refractivity contribution in [2.24, 2.45) is 0 Å². The maximum Gasteiger partial charge on any atom is 0.218 e. The van der Waals surface area contributed by atoms with Gasteiger partial charge in [0.1, 0.15) is 12.1 Å². The van der Waals surface area contributed by atoms with Crippen LogP contribution in [0.15, 0.2) is 12.4 Å². The SMILES string of the molecule is CC1(O)CCN(c2cc(F)ncn2)C1. The second-order valence-electron chi connectivity index (χ2n) is 3.87. The van der Waals surface area contributed by atoms with E-state index in [4.69, 9.17) is 0 Å². The Hall–Kier alpha value is -1.23. The average molecular weight is 197 g/mol. The number of rotatable bonds is 1. The molecule has 1 unspecified atom stereocenters. The first-order valence-electron chi connectivity index (χ1n) is 4.52. The lowest BCUT2D eigenvalue weighted by Gasteiger charge is -2.19. The Labute approximate surface area is 81.4 Å². The first-order valence-corrected chi connectivity index (χ1v) is 4.52. The van der Waals surface area contributed by atoms with Crippen LogP contribution in [0.1, 0.15) is 13.3 Å². The molecule has 0 radical (unpaired) electrons. The van der Waals surface area contributed by atoms with E-state index in [0.717, 1.165) is 0 Å². The molecular weight excluding hydrogens is 185 g/mol. The molecule has 1 aromatic rings. The number of aliphatic hydroxyl groups is 1. The number of hydrogen-bond acceptors (Lipinski definition) is 4. The van der Waals surface area contributed by atoms with Crippen molar-refractivity contribution in [2.75, 3.05) is 18.0 Å². The van der Waals surface area contributed by atoms with Gasteiger partial charge in [0.05, 0.1) is 5.60 Å². The molecule has 1 aliphatic heterocycles. The van der Waals surface area contributed by atoms with Crippen molar-refractivity contribution < 1.29 is 9.50 Å². The summed E-state index contributed by atoms with van der Waals surface area (Å²) in [6.07, 6.45) is 1.87. The van der Waals surface area contributed by atoms with E-state index in [1.807, 2.05) is 4.90 Å². The van der Waals surface area contributed by atoms with Crippen molar-refractivity contribution in [1.29, 1.82) is 0 Å². The molecule has 14 heavy (non-hydrogen) atoms. The molecule has 0 aliphatic carbocycles. The fraction of sp³-hybridized carbons (Fsp3) is 0.556. The summed E-state index contributed by atoms with van der Waals surface area (Å²) in [6, 6.07) is 1.28. The molecule has 0 spiro atoms. The number of β-amino-alcohol motifs (C(OH)–C–C–N with tert-alkyl or cyclic N) is 1. The highest BCUT2D eigenvalue weighted by Gasteiger charge is 2.32. The van der Waals surface area contributed by atoms with E-state index in [9.17, 15) is 9.50 Å². The summed E-state index contributed by atoms with van der Waals surface area (Å²) in [5, 5.41) is 9.72. The third-order valence-corrected chi connectivity index (χ3v) is 2.40. The molecule has 1 aromatic heterocycles. The molecule has 0 amide bonds. The zero-order chi connectivity index (χ0) is 10.2. The van der Waals surface area contributed by atoms with Gasteiger partial charge in [-0.2, -0.15) is 4.39 Å². The van der Waals surface area contributed by atoms with Crippen molar-refractivity contribution in [3.63, 3.8) is 0 Å². The summed E-state index contributed by atoms with van der Waals surface area (Å²) >= 11 is 0. The molecule has 4 nitrogen and oxygen atoms in total. The Morgan fingerprint density at radius 2 is 2.36 bits per heavy atom. The number of halogens is 1. The molecular formula is C9H12FN3O. The fourth-order valence-corrected chi connectivity index (χ4v) is 1.64. The second kappa shape index (κ2) is 3.16. The van der Waals surface area contributed by atoms with Gasteiger partial charge >= 0.3 is 0 Å². The van der Waals surface area contributed by atoms with Gasteiger partial charge in [-0.05, 0) is 13.3 Å². The molecule has 5 heteroatoms. The van der Waals surface area contributed by atoms with Crippen LogP contribution in [-0.4, -0.2) is 33.8 Å². The van der Waals surface area contributed by atoms with Gasteiger partial charge in [-0.1, -0.05) is 0 Å². The Bertz CT molecular complexity index is 343. The molecule has 2 heterocycles. The Balaban J connectivity index is 2.17. The van der Waals surface area contributed by atoms with Gasteiger partial charge in [-0.3, -0.25) is 0 Å². The third-order valence-electron chi connectivity index (χ3n) is 2.40. The smallest absolute Gasteiger partial charge is 0.218 e. The van der Waals surface area contributed by atoms with Crippen LogP contribution >= 0.6 is 0 Å². The van der Waals surface area contributed by atoms with Crippen LogP contribution in [-0.2, 0) is 0 Å². The number of hydrogen-bond donors (Lipinski definition) is 1. The Morgan fingerprint density at radius 1 is 1.57 bits per heavy atom. The quantitative estimate of drug-likeness (QED) is 0.669. The van der Waals surface area contributed by atoms with Gasteiger partial charge in [0.15, 0.2) is 0 Å². The number of anilines is 1. The van der Waals surface area contributed by atoms with Gasteiger partial charge in [0, 0.05) is 19.2 Å².